The molecule has 0 bridgehead atoms. The summed E-state index contributed by atoms with van der Waals surface area (Å²) >= 11 is 3.32. The number of rotatable bonds is 7. The Hall–Kier alpha value is -1.41. The lowest BCUT2D eigenvalue weighted by atomic mass is 9.99. The van der Waals surface area contributed by atoms with Crippen molar-refractivity contribution in [3.63, 3.8) is 0 Å². The molecule has 25 heavy (non-hydrogen) atoms. The van der Waals surface area contributed by atoms with Crippen molar-refractivity contribution in [2.45, 2.75) is 31.9 Å². The van der Waals surface area contributed by atoms with Crippen molar-refractivity contribution in [3.8, 4) is 0 Å². The summed E-state index contributed by atoms with van der Waals surface area (Å²) in [6.45, 7) is 4.80. The Morgan fingerprint density at radius 1 is 1.04 bits per heavy atom. The molecule has 0 radical (unpaired) electrons. The maximum Gasteiger partial charge on any atom is 0.325 e. The molecule has 0 aliphatic heterocycles. The summed E-state index contributed by atoms with van der Waals surface area (Å²) in [4.78, 5) is 25.3. The predicted molar refractivity (Wildman–Crippen MR) is 95.8 cm³/mol. The quantitative estimate of drug-likeness (QED) is 0.485. The van der Waals surface area contributed by atoms with Crippen LogP contribution in [0.25, 0.3) is 0 Å². The number of halogens is 1. The first kappa shape index (κ1) is 19.9. The van der Waals surface area contributed by atoms with E-state index in [0.29, 0.717) is 5.56 Å². The van der Waals surface area contributed by atoms with E-state index in [0.717, 1.165) is 4.47 Å². The zero-order chi connectivity index (χ0) is 18.8. The lowest BCUT2D eigenvalue weighted by Crippen LogP contribution is -2.36. The minimum atomic E-state index is -3.68. The number of esters is 2. The van der Waals surface area contributed by atoms with Gasteiger partial charge in [0, 0.05) is 16.1 Å². The fourth-order valence-electron chi connectivity index (χ4n) is 3.20. The van der Waals surface area contributed by atoms with E-state index in [4.69, 9.17) is 9.47 Å². The number of ether oxygens (including phenoxy) is 2. The molecule has 6 nitrogen and oxygen atoms in total. The summed E-state index contributed by atoms with van der Waals surface area (Å²) in [7, 11) is -3.68. The van der Waals surface area contributed by atoms with E-state index in [1.165, 1.54) is 6.92 Å². The van der Waals surface area contributed by atoms with Gasteiger partial charge in [-0.15, -0.1) is 0 Å². The maximum absolute atomic E-state index is 12.7. The molecule has 0 aromatic heterocycles. The van der Waals surface area contributed by atoms with Gasteiger partial charge in [-0.25, -0.2) is 8.42 Å². The van der Waals surface area contributed by atoms with Crippen LogP contribution in [-0.4, -0.2) is 44.6 Å². The number of hydrogen-bond acceptors (Lipinski definition) is 6. The van der Waals surface area contributed by atoms with E-state index in [1.807, 2.05) is 0 Å². The van der Waals surface area contributed by atoms with Gasteiger partial charge < -0.3 is 9.47 Å². The second kappa shape index (κ2) is 7.45. The van der Waals surface area contributed by atoms with Gasteiger partial charge in [-0.1, -0.05) is 35.0 Å². The highest BCUT2D eigenvalue weighted by atomic mass is 79.9. The average molecular weight is 433 g/mol. The summed E-state index contributed by atoms with van der Waals surface area (Å²) in [5.74, 6) is -2.68. The molecule has 1 saturated carbocycles. The predicted octanol–water partition coefficient (Wildman–Crippen LogP) is 2.46. The zero-order valence-electron chi connectivity index (χ0n) is 14.3. The number of carbonyl (C=O) groups is 2. The van der Waals surface area contributed by atoms with Crippen LogP contribution in [-0.2, 0) is 28.9 Å². The molecular formula is C17H21BrO6S. The molecule has 0 N–H and O–H groups in total. The number of carbonyl (C=O) groups excluding carboxylic acids is 2. The molecular weight excluding hydrogens is 412 g/mol. The Balaban J connectivity index is 2.61. The average Bonchev–Trinajstić information content (AvgIpc) is 3.28. The number of hydrogen-bond donors (Lipinski definition) is 0. The smallest absolute Gasteiger partial charge is 0.325 e. The van der Waals surface area contributed by atoms with Crippen molar-refractivity contribution in [3.05, 3.63) is 34.3 Å². The highest BCUT2D eigenvalue weighted by molar-refractivity contribution is 9.10. The van der Waals surface area contributed by atoms with Crippen LogP contribution in [0.3, 0.4) is 0 Å². The zero-order valence-corrected chi connectivity index (χ0v) is 16.7. The summed E-state index contributed by atoms with van der Waals surface area (Å²) in [5.41, 5.74) is -1.25. The maximum atomic E-state index is 12.7. The molecule has 1 aromatic rings. The summed E-state index contributed by atoms with van der Waals surface area (Å²) in [6.07, 6.45) is 0. The van der Waals surface area contributed by atoms with Crippen LogP contribution in [0.1, 0.15) is 32.3 Å². The van der Waals surface area contributed by atoms with Gasteiger partial charge in [0.15, 0.2) is 15.3 Å². The first-order chi connectivity index (χ1) is 11.8. The molecule has 1 aromatic carbocycles. The van der Waals surface area contributed by atoms with Gasteiger partial charge in [0.1, 0.15) is 0 Å². The Kier molecular flexibility index (Phi) is 5.93. The van der Waals surface area contributed by atoms with E-state index < -0.39 is 38.4 Å². The molecule has 2 rings (SSSR count). The van der Waals surface area contributed by atoms with Crippen LogP contribution in [0.4, 0.5) is 0 Å². The number of sulfone groups is 1. The molecule has 0 heterocycles. The third-order valence-corrected chi connectivity index (χ3v) is 7.13. The Morgan fingerprint density at radius 2 is 1.52 bits per heavy atom. The Bertz CT molecular complexity index is 738. The van der Waals surface area contributed by atoms with Gasteiger partial charge in [0.2, 0.25) is 0 Å². The number of benzene rings is 1. The molecule has 8 heteroatoms. The standard InChI is InChI=1S/C17H21BrO6S/c1-4-23-15(19)17(16(20)24-5-2)13(14(17)25(21,22)6-3)11-7-9-12(18)10-8-11/h7-10,13-14H,4-6H2,1-3H3/t13-,14-/m0/s1. The van der Waals surface area contributed by atoms with E-state index in [2.05, 4.69) is 15.9 Å². The first-order valence-corrected chi connectivity index (χ1v) is 10.6. The van der Waals surface area contributed by atoms with Crippen LogP contribution in [0.2, 0.25) is 0 Å². The largest absolute Gasteiger partial charge is 0.465 e. The minimum absolute atomic E-state index is 0.0476. The second-order valence-corrected chi connectivity index (χ2v) is 9.04. The van der Waals surface area contributed by atoms with Gasteiger partial charge >= 0.3 is 11.9 Å². The molecule has 0 amide bonds. The lowest BCUT2D eigenvalue weighted by molar-refractivity contribution is -0.164. The fourth-order valence-corrected chi connectivity index (χ4v) is 5.44. The third kappa shape index (κ3) is 3.33. The molecule has 0 unspecified atom stereocenters. The van der Waals surface area contributed by atoms with Gasteiger partial charge in [0.05, 0.1) is 18.5 Å². The monoisotopic (exact) mass is 432 g/mol. The van der Waals surface area contributed by atoms with Gasteiger partial charge in [-0.2, -0.15) is 0 Å². The van der Waals surface area contributed by atoms with Crippen LogP contribution in [0.15, 0.2) is 28.7 Å². The van der Waals surface area contributed by atoms with Crippen LogP contribution in [0, 0.1) is 5.41 Å². The lowest BCUT2D eigenvalue weighted by Gasteiger charge is -2.15. The van der Waals surface area contributed by atoms with Crippen LogP contribution >= 0.6 is 15.9 Å². The van der Waals surface area contributed by atoms with Gasteiger partial charge in [-0.05, 0) is 31.5 Å². The van der Waals surface area contributed by atoms with E-state index >= 15 is 0 Å². The molecule has 2 atom stereocenters. The van der Waals surface area contributed by atoms with Crippen molar-refractivity contribution >= 4 is 37.7 Å². The molecule has 0 spiro atoms. The molecule has 1 fully saturated rings. The van der Waals surface area contributed by atoms with Crippen molar-refractivity contribution in [1.82, 2.24) is 0 Å². The normalized spacial score (nSPS) is 21.4. The topological polar surface area (TPSA) is 86.7 Å². The van der Waals surface area contributed by atoms with Crippen LogP contribution < -0.4 is 0 Å². The molecule has 138 valence electrons. The molecule has 0 saturated heterocycles. The van der Waals surface area contributed by atoms with Crippen molar-refractivity contribution in [2.24, 2.45) is 5.41 Å². The highest BCUT2D eigenvalue weighted by Crippen LogP contribution is 2.64. The first-order valence-electron chi connectivity index (χ1n) is 8.08. The van der Waals surface area contributed by atoms with E-state index in [-0.39, 0.29) is 19.0 Å². The van der Waals surface area contributed by atoms with Gasteiger partial charge in [0.25, 0.3) is 0 Å². The van der Waals surface area contributed by atoms with E-state index in [1.54, 1.807) is 38.1 Å². The van der Waals surface area contributed by atoms with Gasteiger partial charge in [-0.3, -0.25) is 9.59 Å². The van der Waals surface area contributed by atoms with Crippen molar-refractivity contribution in [2.75, 3.05) is 19.0 Å². The Morgan fingerprint density at radius 3 is 1.92 bits per heavy atom. The third-order valence-electron chi connectivity index (χ3n) is 4.38. The molecule has 1 aliphatic carbocycles. The minimum Gasteiger partial charge on any atom is -0.465 e. The Labute approximate surface area is 155 Å². The SMILES string of the molecule is CCOC(=O)C1(C(=O)OCC)[C@@H](c2ccc(Br)cc2)[C@@H]1S(=O)(=O)CC. The summed E-state index contributed by atoms with van der Waals surface area (Å²) in [6, 6.07) is 6.88. The molecule has 1 aliphatic rings. The van der Waals surface area contributed by atoms with Crippen molar-refractivity contribution in [1.29, 1.82) is 0 Å². The summed E-state index contributed by atoms with van der Waals surface area (Å²) in [5, 5.41) is -1.18. The highest BCUT2D eigenvalue weighted by Gasteiger charge is 2.81. The fraction of sp³-hybridized carbons (Fsp3) is 0.529. The second-order valence-electron chi connectivity index (χ2n) is 5.71. The summed E-state index contributed by atoms with van der Waals surface area (Å²) < 4.78 is 36.2. The van der Waals surface area contributed by atoms with E-state index in [9.17, 15) is 18.0 Å². The van der Waals surface area contributed by atoms with Crippen molar-refractivity contribution < 1.29 is 27.5 Å². The van der Waals surface area contributed by atoms with Crippen LogP contribution in [0.5, 0.6) is 0 Å².